The first-order valence-corrected chi connectivity index (χ1v) is 24.5. The van der Waals surface area contributed by atoms with Crippen molar-refractivity contribution in [1.29, 1.82) is 0 Å². The zero-order valence-corrected chi connectivity index (χ0v) is 39.4. The molecule has 1 aliphatic rings. The van der Waals surface area contributed by atoms with Crippen molar-refractivity contribution in [3.63, 3.8) is 0 Å². The molecule has 4 nitrogen and oxygen atoms in total. The van der Waals surface area contributed by atoms with Gasteiger partial charge in [-0.1, -0.05) is 166 Å². The van der Waals surface area contributed by atoms with Gasteiger partial charge >= 0.3 is 0 Å². The van der Waals surface area contributed by atoms with E-state index in [-0.39, 0.29) is 5.41 Å². The zero-order valence-electron chi connectivity index (χ0n) is 39.4. The summed E-state index contributed by atoms with van der Waals surface area (Å²) < 4.78 is 4.75. The average molecular weight is 907 g/mol. The van der Waals surface area contributed by atoms with Crippen LogP contribution in [0.15, 0.2) is 243 Å². The third-order valence-corrected chi connectivity index (χ3v) is 14.9. The van der Waals surface area contributed by atoms with Crippen LogP contribution in [0.3, 0.4) is 0 Å². The van der Waals surface area contributed by atoms with Crippen LogP contribution in [0.2, 0.25) is 0 Å². The van der Waals surface area contributed by atoms with E-state index in [0.717, 1.165) is 61.7 Å². The van der Waals surface area contributed by atoms with E-state index in [4.69, 9.17) is 9.97 Å². The molecule has 71 heavy (non-hydrogen) atoms. The summed E-state index contributed by atoms with van der Waals surface area (Å²) in [5.41, 5.74) is 21.4. The van der Waals surface area contributed by atoms with Crippen LogP contribution in [-0.4, -0.2) is 19.1 Å². The molecule has 0 atom stereocenters. The summed E-state index contributed by atoms with van der Waals surface area (Å²) in [7, 11) is 0. The van der Waals surface area contributed by atoms with Crippen LogP contribution in [0.4, 0.5) is 0 Å². The van der Waals surface area contributed by atoms with E-state index < -0.39 is 0 Å². The summed E-state index contributed by atoms with van der Waals surface area (Å²) >= 11 is 0. The molecule has 0 bridgehead atoms. The summed E-state index contributed by atoms with van der Waals surface area (Å²) in [5.74, 6) is 0.677. The van der Waals surface area contributed by atoms with Crippen molar-refractivity contribution in [3.8, 4) is 78.7 Å². The van der Waals surface area contributed by atoms with E-state index in [1.807, 2.05) is 0 Å². The molecule has 0 saturated carbocycles. The molecule has 10 aromatic carbocycles. The van der Waals surface area contributed by atoms with Gasteiger partial charge in [0.05, 0.1) is 33.5 Å². The zero-order chi connectivity index (χ0) is 47.2. The van der Waals surface area contributed by atoms with E-state index in [2.05, 4.69) is 266 Å². The smallest absolute Gasteiger partial charge is 0.160 e. The lowest BCUT2D eigenvalue weighted by molar-refractivity contribution is 0.660. The van der Waals surface area contributed by atoms with Crippen LogP contribution in [0.1, 0.15) is 25.0 Å². The maximum absolute atomic E-state index is 5.53. The van der Waals surface area contributed by atoms with E-state index in [9.17, 15) is 0 Å². The Morgan fingerprint density at radius 3 is 1.34 bits per heavy atom. The lowest BCUT2D eigenvalue weighted by atomic mass is 9.82. The summed E-state index contributed by atoms with van der Waals surface area (Å²) in [6.45, 7) is 4.67. The Labute approximate surface area is 412 Å². The molecule has 0 N–H and O–H groups in total. The molecule has 0 fully saturated rings. The van der Waals surface area contributed by atoms with Crippen LogP contribution in [0.5, 0.6) is 0 Å². The van der Waals surface area contributed by atoms with Crippen molar-refractivity contribution in [3.05, 3.63) is 254 Å². The Kier molecular flexibility index (Phi) is 9.21. The lowest BCUT2D eigenvalue weighted by Crippen LogP contribution is -2.14. The van der Waals surface area contributed by atoms with Gasteiger partial charge in [-0.15, -0.1) is 0 Å². The lowest BCUT2D eigenvalue weighted by Gasteiger charge is -2.22. The normalized spacial score (nSPS) is 12.8. The topological polar surface area (TPSA) is 35.6 Å². The maximum Gasteiger partial charge on any atom is 0.160 e. The van der Waals surface area contributed by atoms with Crippen molar-refractivity contribution < 1.29 is 0 Å². The largest absolute Gasteiger partial charge is 0.309 e. The highest BCUT2D eigenvalue weighted by atomic mass is 15.0. The van der Waals surface area contributed by atoms with Gasteiger partial charge < -0.3 is 9.13 Å². The molecular formula is C67H46N4. The van der Waals surface area contributed by atoms with E-state index in [0.29, 0.717) is 5.82 Å². The molecule has 14 rings (SSSR count). The maximum atomic E-state index is 5.53. The first-order chi connectivity index (χ1) is 34.9. The Morgan fingerprint density at radius 2 is 0.746 bits per heavy atom. The molecule has 0 amide bonds. The number of para-hydroxylation sites is 4. The van der Waals surface area contributed by atoms with Crippen molar-refractivity contribution in [2.75, 3.05) is 0 Å². The third-order valence-electron chi connectivity index (χ3n) is 14.9. The number of nitrogens with zero attached hydrogens (tertiary/aromatic N) is 4. The second kappa shape index (κ2) is 16.0. The second-order valence-corrected chi connectivity index (χ2v) is 19.4. The molecular weight excluding hydrogens is 861 g/mol. The Balaban J connectivity index is 0.995. The van der Waals surface area contributed by atoms with Crippen LogP contribution in [0.25, 0.3) is 122 Å². The molecule has 334 valence electrons. The Hall–Kier alpha value is -9.12. The molecule has 0 unspecified atom stereocenters. The SMILES string of the molecule is CC1(C)c2ccccc2-c2ccc(-c3cc(-c4ccccc4)nc(-c4cc(-c5ccc6c(c5)c5ccccc5n6-c5ccccc5)cc(-c5ccc6c(c5)c5ccccc5n6-c5ccccc5)c4)n3)cc21. The highest BCUT2D eigenvalue weighted by Crippen LogP contribution is 2.50. The van der Waals surface area contributed by atoms with Gasteiger partial charge in [-0.25, -0.2) is 9.97 Å². The minimum atomic E-state index is -0.147. The molecule has 0 saturated heterocycles. The van der Waals surface area contributed by atoms with Crippen molar-refractivity contribution in [2.24, 2.45) is 0 Å². The number of benzene rings is 10. The molecule has 0 spiro atoms. The predicted octanol–water partition coefficient (Wildman–Crippen LogP) is 17.3. The van der Waals surface area contributed by atoms with Crippen LogP contribution in [-0.2, 0) is 5.41 Å². The van der Waals surface area contributed by atoms with Gasteiger partial charge in [0.25, 0.3) is 0 Å². The van der Waals surface area contributed by atoms with Crippen molar-refractivity contribution >= 4 is 43.6 Å². The monoisotopic (exact) mass is 906 g/mol. The highest BCUT2D eigenvalue weighted by molar-refractivity contribution is 6.12. The minimum Gasteiger partial charge on any atom is -0.309 e. The molecule has 0 radical (unpaired) electrons. The van der Waals surface area contributed by atoms with Crippen molar-refractivity contribution in [2.45, 2.75) is 19.3 Å². The highest BCUT2D eigenvalue weighted by Gasteiger charge is 2.35. The van der Waals surface area contributed by atoms with E-state index >= 15 is 0 Å². The number of hydrogen-bond acceptors (Lipinski definition) is 2. The molecule has 13 aromatic rings. The van der Waals surface area contributed by atoms with Crippen LogP contribution >= 0.6 is 0 Å². The van der Waals surface area contributed by atoms with Crippen molar-refractivity contribution in [1.82, 2.24) is 19.1 Å². The second-order valence-electron chi connectivity index (χ2n) is 19.4. The molecule has 1 aliphatic carbocycles. The summed E-state index contributed by atoms with van der Waals surface area (Å²) in [5, 5.41) is 4.84. The summed E-state index contributed by atoms with van der Waals surface area (Å²) in [6, 6.07) is 88.0. The minimum absolute atomic E-state index is 0.147. The van der Waals surface area contributed by atoms with Crippen LogP contribution in [0, 0.1) is 0 Å². The van der Waals surface area contributed by atoms with Crippen LogP contribution < -0.4 is 0 Å². The predicted molar refractivity (Wildman–Crippen MR) is 295 cm³/mol. The fourth-order valence-corrected chi connectivity index (χ4v) is 11.5. The fourth-order valence-electron chi connectivity index (χ4n) is 11.5. The number of aromatic nitrogens is 4. The van der Waals surface area contributed by atoms with Gasteiger partial charge in [0.15, 0.2) is 5.82 Å². The first-order valence-electron chi connectivity index (χ1n) is 24.5. The van der Waals surface area contributed by atoms with Gasteiger partial charge in [-0.3, -0.25) is 0 Å². The fraction of sp³-hybridized carbons (Fsp3) is 0.0448. The Bertz CT molecular complexity index is 4060. The van der Waals surface area contributed by atoms with Gasteiger partial charge in [0, 0.05) is 55.0 Å². The van der Waals surface area contributed by atoms with E-state index in [1.54, 1.807) is 0 Å². The van der Waals surface area contributed by atoms with E-state index in [1.165, 1.54) is 65.9 Å². The van der Waals surface area contributed by atoms with Gasteiger partial charge in [-0.2, -0.15) is 0 Å². The standard InChI is InChI=1S/C67H46N4/c1-67(2)58-27-15-12-24-52(58)53-33-30-46(41-59(53)67)61-42-60(43-18-6-3-7-19-43)68-66(69-61)49-37-47(44-31-34-64-56(39-44)54-25-13-16-28-62(54)70(64)50-20-8-4-9-21-50)36-48(38-49)45-32-35-65-57(40-45)55-26-14-17-29-63(55)71(65)51-22-10-5-11-23-51/h3-42H,1-2H3. The number of hydrogen-bond donors (Lipinski definition) is 0. The number of fused-ring (bicyclic) bond motifs is 9. The molecule has 0 aliphatic heterocycles. The molecule has 3 heterocycles. The quantitative estimate of drug-likeness (QED) is 0.160. The van der Waals surface area contributed by atoms with Gasteiger partial charge in [0.1, 0.15) is 0 Å². The Morgan fingerprint density at radius 1 is 0.296 bits per heavy atom. The summed E-state index contributed by atoms with van der Waals surface area (Å²) in [6.07, 6.45) is 0. The molecule has 4 heteroatoms. The summed E-state index contributed by atoms with van der Waals surface area (Å²) in [4.78, 5) is 11.0. The van der Waals surface area contributed by atoms with Gasteiger partial charge in [0.2, 0.25) is 0 Å². The third kappa shape index (κ3) is 6.60. The molecule has 3 aromatic heterocycles. The first kappa shape index (κ1) is 40.9. The number of rotatable bonds is 7. The average Bonchev–Trinajstić information content (AvgIpc) is 4.03. The van der Waals surface area contributed by atoms with Gasteiger partial charge in [-0.05, 0) is 136 Å².